The Morgan fingerprint density at radius 1 is 1.43 bits per heavy atom. The zero-order valence-electron chi connectivity index (χ0n) is 12.6. The van der Waals surface area contributed by atoms with Crippen LogP contribution in [0.25, 0.3) is 0 Å². The largest absolute Gasteiger partial charge is 0.379 e. The molecule has 3 rings (SSSR count). The molecule has 1 saturated heterocycles. The molecule has 5 nitrogen and oxygen atoms in total. The molecule has 0 N–H and O–H groups in total. The van der Waals surface area contributed by atoms with Crippen molar-refractivity contribution < 1.29 is 14.1 Å². The van der Waals surface area contributed by atoms with Gasteiger partial charge in [0.25, 0.3) is 0 Å². The minimum absolute atomic E-state index is 0.0775. The monoisotopic (exact) mass is 290 g/mol. The van der Waals surface area contributed by atoms with Crippen LogP contribution in [-0.4, -0.2) is 42.3 Å². The molecule has 1 aromatic rings. The van der Waals surface area contributed by atoms with Gasteiger partial charge in [0.15, 0.2) is 0 Å². The fourth-order valence-corrected chi connectivity index (χ4v) is 3.33. The lowest BCUT2D eigenvalue weighted by Crippen LogP contribution is -2.34. The molecule has 114 valence electrons. The number of hydrogen-bond donors (Lipinski definition) is 0. The summed E-state index contributed by atoms with van der Waals surface area (Å²) < 4.78 is 10.9. The summed E-state index contributed by atoms with van der Waals surface area (Å²) in [6.45, 7) is 3.34. The van der Waals surface area contributed by atoms with Crippen LogP contribution in [0.15, 0.2) is 22.7 Å². The van der Waals surface area contributed by atoms with Crippen LogP contribution in [0.3, 0.4) is 0 Å². The summed E-state index contributed by atoms with van der Waals surface area (Å²) in [5.74, 6) is 1.55. The predicted molar refractivity (Wildman–Crippen MR) is 77.7 cm³/mol. The van der Waals surface area contributed by atoms with Crippen LogP contribution in [-0.2, 0) is 16.0 Å². The lowest BCUT2D eigenvalue weighted by atomic mass is 10.0. The van der Waals surface area contributed by atoms with Gasteiger partial charge in [-0.1, -0.05) is 17.3 Å². The van der Waals surface area contributed by atoms with Crippen LogP contribution in [0, 0.1) is 18.8 Å². The summed E-state index contributed by atoms with van der Waals surface area (Å²) in [5.41, 5.74) is 0.891. The summed E-state index contributed by atoms with van der Waals surface area (Å²) in [6.07, 6.45) is 6.79. The highest BCUT2D eigenvalue weighted by atomic mass is 16.5. The van der Waals surface area contributed by atoms with Crippen LogP contribution in [0.1, 0.15) is 24.3 Å². The fraction of sp³-hybridized carbons (Fsp3) is 0.625. The van der Waals surface area contributed by atoms with Crippen molar-refractivity contribution in [3.05, 3.63) is 29.7 Å². The van der Waals surface area contributed by atoms with Gasteiger partial charge < -0.3 is 14.2 Å². The van der Waals surface area contributed by atoms with E-state index in [0.717, 1.165) is 37.3 Å². The van der Waals surface area contributed by atoms with Crippen LogP contribution in [0.5, 0.6) is 0 Å². The van der Waals surface area contributed by atoms with E-state index in [9.17, 15) is 4.79 Å². The summed E-state index contributed by atoms with van der Waals surface area (Å²) in [7, 11) is 1.72. The van der Waals surface area contributed by atoms with Gasteiger partial charge in [-0.05, 0) is 19.8 Å². The molecular weight excluding hydrogens is 268 g/mol. The second-order valence-electron chi connectivity index (χ2n) is 6.06. The highest BCUT2D eigenvalue weighted by Crippen LogP contribution is 2.28. The fourth-order valence-electron chi connectivity index (χ4n) is 3.33. The average molecular weight is 290 g/mol. The van der Waals surface area contributed by atoms with E-state index >= 15 is 0 Å². The van der Waals surface area contributed by atoms with Gasteiger partial charge in [0, 0.05) is 44.5 Å². The highest BCUT2D eigenvalue weighted by molar-refractivity contribution is 5.80. The van der Waals surface area contributed by atoms with Gasteiger partial charge in [-0.15, -0.1) is 0 Å². The number of ether oxygens (including phenoxy) is 1. The Hall–Kier alpha value is -1.62. The average Bonchev–Trinajstić information content (AvgIpc) is 3.19. The van der Waals surface area contributed by atoms with Crippen molar-refractivity contribution in [3.63, 3.8) is 0 Å². The van der Waals surface area contributed by atoms with Gasteiger partial charge in [0.05, 0.1) is 11.8 Å². The number of amides is 1. The SMILES string of the molecule is CO[C@H]1CN(C(=O)C2CC=CC2)C[C@H]1Cc1cc(C)no1. The number of hydrogen-bond acceptors (Lipinski definition) is 4. The molecule has 2 aliphatic rings. The quantitative estimate of drug-likeness (QED) is 0.796. The van der Waals surface area contributed by atoms with E-state index in [1.165, 1.54) is 0 Å². The van der Waals surface area contributed by atoms with Gasteiger partial charge in [-0.25, -0.2) is 0 Å². The Balaban J connectivity index is 1.63. The molecule has 1 aliphatic heterocycles. The third-order valence-electron chi connectivity index (χ3n) is 4.49. The van der Waals surface area contributed by atoms with Crippen LogP contribution >= 0.6 is 0 Å². The van der Waals surface area contributed by atoms with Crippen molar-refractivity contribution in [1.82, 2.24) is 10.1 Å². The van der Waals surface area contributed by atoms with Crippen molar-refractivity contribution in [2.24, 2.45) is 11.8 Å². The lowest BCUT2D eigenvalue weighted by molar-refractivity contribution is -0.134. The molecule has 21 heavy (non-hydrogen) atoms. The first kappa shape index (κ1) is 14.3. The molecule has 5 heteroatoms. The van der Waals surface area contributed by atoms with Gasteiger partial charge in [-0.2, -0.15) is 0 Å². The van der Waals surface area contributed by atoms with E-state index in [0.29, 0.717) is 6.54 Å². The first-order valence-corrected chi connectivity index (χ1v) is 7.56. The molecule has 0 unspecified atom stereocenters. The van der Waals surface area contributed by atoms with E-state index in [1.807, 2.05) is 17.9 Å². The Morgan fingerprint density at radius 3 is 2.81 bits per heavy atom. The number of aromatic nitrogens is 1. The second kappa shape index (κ2) is 6.02. The number of likely N-dealkylation sites (tertiary alicyclic amines) is 1. The topological polar surface area (TPSA) is 55.6 Å². The maximum Gasteiger partial charge on any atom is 0.226 e. The minimum Gasteiger partial charge on any atom is -0.379 e. The number of aryl methyl sites for hydroxylation is 1. The van der Waals surface area contributed by atoms with Crippen LogP contribution in [0.4, 0.5) is 0 Å². The smallest absolute Gasteiger partial charge is 0.226 e. The second-order valence-corrected chi connectivity index (χ2v) is 6.06. The Morgan fingerprint density at radius 2 is 2.19 bits per heavy atom. The third kappa shape index (κ3) is 3.02. The zero-order chi connectivity index (χ0) is 14.8. The number of methoxy groups -OCH3 is 1. The molecule has 1 aromatic heterocycles. The molecule has 1 aliphatic carbocycles. The molecule has 0 saturated carbocycles. The maximum absolute atomic E-state index is 12.5. The van der Waals surface area contributed by atoms with Crippen molar-refractivity contribution >= 4 is 5.91 Å². The Kier molecular flexibility index (Phi) is 4.10. The number of carbonyl (C=O) groups excluding carboxylic acids is 1. The standard InChI is InChI=1S/C16H22N2O3/c1-11-7-14(21-17-11)8-13-9-18(10-15(13)20-2)16(19)12-5-3-4-6-12/h3-4,7,12-13,15H,5-6,8-10H2,1-2H3/t13-,15+/m1/s1. The highest BCUT2D eigenvalue weighted by Gasteiger charge is 2.38. The summed E-state index contributed by atoms with van der Waals surface area (Å²) in [5, 5.41) is 3.92. The summed E-state index contributed by atoms with van der Waals surface area (Å²) in [6, 6.07) is 1.96. The number of rotatable bonds is 4. The molecule has 0 radical (unpaired) electrons. The first-order valence-electron chi connectivity index (χ1n) is 7.56. The number of allylic oxidation sites excluding steroid dienone is 2. The zero-order valence-corrected chi connectivity index (χ0v) is 12.6. The normalized spacial score (nSPS) is 25.9. The van der Waals surface area contributed by atoms with E-state index in [1.54, 1.807) is 7.11 Å². The third-order valence-corrected chi connectivity index (χ3v) is 4.49. The van der Waals surface area contributed by atoms with E-state index in [-0.39, 0.29) is 23.8 Å². The molecule has 2 heterocycles. The van der Waals surface area contributed by atoms with E-state index in [2.05, 4.69) is 17.3 Å². The van der Waals surface area contributed by atoms with Gasteiger partial charge in [0.1, 0.15) is 5.76 Å². The van der Waals surface area contributed by atoms with Gasteiger partial charge in [-0.3, -0.25) is 4.79 Å². The van der Waals surface area contributed by atoms with Crippen molar-refractivity contribution in [2.75, 3.05) is 20.2 Å². The molecule has 0 aromatic carbocycles. The van der Waals surface area contributed by atoms with E-state index < -0.39 is 0 Å². The van der Waals surface area contributed by atoms with Gasteiger partial charge >= 0.3 is 0 Å². The molecule has 2 atom stereocenters. The Bertz CT molecular complexity index is 529. The molecule has 0 bridgehead atoms. The van der Waals surface area contributed by atoms with E-state index in [4.69, 9.17) is 9.26 Å². The molecular formula is C16H22N2O3. The maximum atomic E-state index is 12.5. The van der Waals surface area contributed by atoms with Crippen LogP contribution < -0.4 is 0 Å². The Labute approximate surface area is 124 Å². The van der Waals surface area contributed by atoms with Crippen LogP contribution in [0.2, 0.25) is 0 Å². The predicted octanol–water partition coefficient (Wildman–Crippen LogP) is 1.97. The molecule has 1 amide bonds. The van der Waals surface area contributed by atoms with Gasteiger partial charge in [0.2, 0.25) is 5.91 Å². The number of carbonyl (C=O) groups is 1. The van der Waals surface area contributed by atoms with Crippen molar-refractivity contribution in [1.29, 1.82) is 0 Å². The van der Waals surface area contributed by atoms with Crippen molar-refractivity contribution in [2.45, 2.75) is 32.3 Å². The van der Waals surface area contributed by atoms with Crippen molar-refractivity contribution in [3.8, 4) is 0 Å². The number of nitrogens with zero attached hydrogens (tertiary/aromatic N) is 2. The molecule has 0 spiro atoms. The first-order chi connectivity index (χ1) is 10.2. The molecule has 1 fully saturated rings. The lowest BCUT2D eigenvalue weighted by Gasteiger charge is -2.20. The summed E-state index contributed by atoms with van der Waals surface area (Å²) in [4.78, 5) is 14.5. The minimum atomic E-state index is 0.0775. The summed E-state index contributed by atoms with van der Waals surface area (Å²) >= 11 is 0.